The first-order chi connectivity index (χ1) is 7.95. The lowest BCUT2D eigenvalue weighted by atomic mass is 10.0. The van der Waals surface area contributed by atoms with E-state index in [4.69, 9.17) is 0 Å². The largest absolute Gasteiger partial charge is 0.371 e. The van der Waals surface area contributed by atoms with Crippen molar-refractivity contribution in [3.8, 4) is 0 Å². The fraction of sp³-hybridized carbons (Fsp3) is 0.467. The van der Waals surface area contributed by atoms with Crippen LogP contribution in [0.4, 0.5) is 0 Å². The molecule has 1 heterocycles. The second-order valence-electron chi connectivity index (χ2n) is 4.83. The Morgan fingerprint density at radius 3 is 2.62 bits per heavy atom. The standard InChI is InChI=1S/C15H19N/c1-3-9-14-13(7-1)8-2-4-10-15(14)16-11-5-6-12-16/h1,3,7,9-10H,2,4-6,8,11-12H2. The van der Waals surface area contributed by atoms with Crippen LogP contribution in [0.1, 0.15) is 36.8 Å². The molecule has 0 atom stereocenters. The summed E-state index contributed by atoms with van der Waals surface area (Å²) in [5.74, 6) is 0. The molecule has 0 bridgehead atoms. The van der Waals surface area contributed by atoms with Crippen molar-refractivity contribution in [2.45, 2.75) is 32.1 Å². The number of benzene rings is 1. The number of nitrogens with zero attached hydrogens (tertiary/aromatic N) is 1. The lowest BCUT2D eigenvalue weighted by Crippen LogP contribution is -2.17. The molecule has 3 rings (SSSR count). The van der Waals surface area contributed by atoms with Crippen LogP contribution >= 0.6 is 0 Å². The average molecular weight is 213 g/mol. The van der Waals surface area contributed by atoms with Gasteiger partial charge in [0.15, 0.2) is 0 Å². The Labute approximate surface area is 97.8 Å². The van der Waals surface area contributed by atoms with Gasteiger partial charge in [0, 0.05) is 24.4 Å². The number of hydrogen-bond donors (Lipinski definition) is 0. The van der Waals surface area contributed by atoms with E-state index in [1.807, 2.05) is 0 Å². The number of rotatable bonds is 1. The SMILES string of the molecule is C1=C(N2CCCC2)c2ccccc2CCC1. The summed E-state index contributed by atoms with van der Waals surface area (Å²) in [5.41, 5.74) is 4.53. The molecule has 0 N–H and O–H groups in total. The Morgan fingerprint density at radius 1 is 0.938 bits per heavy atom. The van der Waals surface area contributed by atoms with Crippen molar-refractivity contribution >= 4 is 5.70 Å². The van der Waals surface area contributed by atoms with Crippen LogP contribution in [0.15, 0.2) is 30.3 Å². The maximum absolute atomic E-state index is 2.57. The fourth-order valence-electron chi connectivity index (χ4n) is 2.89. The van der Waals surface area contributed by atoms with Crippen molar-refractivity contribution in [2.24, 2.45) is 0 Å². The van der Waals surface area contributed by atoms with E-state index in [1.165, 1.54) is 62.0 Å². The second-order valence-corrected chi connectivity index (χ2v) is 4.83. The molecule has 1 aromatic rings. The minimum absolute atomic E-state index is 1.24. The summed E-state index contributed by atoms with van der Waals surface area (Å²) >= 11 is 0. The normalized spacial score (nSPS) is 20.2. The first-order valence-electron chi connectivity index (χ1n) is 6.48. The lowest BCUT2D eigenvalue weighted by Gasteiger charge is -2.22. The number of hydrogen-bond acceptors (Lipinski definition) is 1. The van der Waals surface area contributed by atoms with Gasteiger partial charge in [-0.1, -0.05) is 30.3 Å². The van der Waals surface area contributed by atoms with E-state index in [2.05, 4.69) is 35.2 Å². The molecule has 0 aromatic heterocycles. The Kier molecular flexibility index (Phi) is 2.69. The third-order valence-corrected chi connectivity index (χ3v) is 3.73. The van der Waals surface area contributed by atoms with Gasteiger partial charge >= 0.3 is 0 Å². The molecule has 84 valence electrons. The molecule has 2 aliphatic rings. The highest BCUT2D eigenvalue weighted by atomic mass is 15.1. The molecule has 0 unspecified atom stereocenters. The fourth-order valence-corrected chi connectivity index (χ4v) is 2.89. The van der Waals surface area contributed by atoms with Crippen LogP contribution in [0, 0.1) is 0 Å². The summed E-state index contributed by atoms with van der Waals surface area (Å²) in [6.45, 7) is 2.50. The number of allylic oxidation sites excluding steroid dienone is 1. The molecule has 1 nitrogen and oxygen atoms in total. The van der Waals surface area contributed by atoms with Crippen molar-refractivity contribution in [3.05, 3.63) is 41.5 Å². The highest BCUT2D eigenvalue weighted by molar-refractivity contribution is 5.67. The van der Waals surface area contributed by atoms with Crippen LogP contribution in [0.2, 0.25) is 0 Å². The monoisotopic (exact) mass is 213 g/mol. The topological polar surface area (TPSA) is 3.24 Å². The van der Waals surface area contributed by atoms with E-state index < -0.39 is 0 Å². The van der Waals surface area contributed by atoms with E-state index in [1.54, 1.807) is 0 Å². The molecular weight excluding hydrogens is 194 g/mol. The summed E-state index contributed by atoms with van der Waals surface area (Å²) in [5, 5.41) is 0. The first kappa shape index (κ1) is 9.95. The number of fused-ring (bicyclic) bond motifs is 1. The van der Waals surface area contributed by atoms with E-state index in [0.717, 1.165) is 0 Å². The van der Waals surface area contributed by atoms with Gasteiger partial charge in [-0.15, -0.1) is 0 Å². The molecule has 1 aliphatic heterocycles. The molecule has 0 radical (unpaired) electrons. The minimum atomic E-state index is 1.24. The van der Waals surface area contributed by atoms with E-state index >= 15 is 0 Å². The first-order valence-corrected chi connectivity index (χ1v) is 6.48. The van der Waals surface area contributed by atoms with Crippen molar-refractivity contribution in [2.75, 3.05) is 13.1 Å². The van der Waals surface area contributed by atoms with Gasteiger partial charge in [0.1, 0.15) is 0 Å². The summed E-state index contributed by atoms with van der Waals surface area (Å²) in [7, 11) is 0. The van der Waals surface area contributed by atoms with Crippen LogP contribution in [-0.4, -0.2) is 18.0 Å². The van der Waals surface area contributed by atoms with Gasteiger partial charge in [0.25, 0.3) is 0 Å². The number of likely N-dealkylation sites (tertiary alicyclic amines) is 1. The second kappa shape index (κ2) is 4.32. The van der Waals surface area contributed by atoms with Gasteiger partial charge in [-0.05, 0) is 37.7 Å². The van der Waals surface area contributed by atoms with Crippen molar-refractivity contribution in [1.29, 1.82) is 0 Å². The van der Waals surface area contributed by atoms with Crippen LogP contribution in [0.5, 0.6) is 0 Å². The highest BCUT2D eigenvalue weighted by Gasteiger charge is 2.19. The summed E-state index contributed by atoms with van der Waals surface area (Å²) in [6.07, 6.45) is 8.95. The van der Waals surface area contributed by atoms with Gasteiger partial charge in [-0.25, -0.2) is 0 Å². The highest BCUT2D eigenvalue weighted by Crippen LogP contribution is 2.30. The zero-order valence-corrected chi connectivity index (χ0v) is 9.78. The third kappa shape index (κ3) is 1.75. The van der Waals surface area contributed by atoms with Crippen molar-refractivity contribution in [1.82, 2.24) is 4.90 Å². The van der Waals surface area contributed by atoms with Gasteiger partial charge in [0.05, 0.1) is 0 Å². The van der Waals surface area contributed by atoms with Gasteiger partial charge < -0.3 is 4.90 Å². The Morgan fingerprint density at radius 2 is 1.75 bits per heavy atom. The van der Waals surface area contributed by atoms with Crippen molar-refractivity contribution < 1.29 is 0 Å². The zero-order chi connectivity index (χ0) is 10.8. The molecule has 1 heteroatoms. The summed E-state index contributed by atoms with van der Waals surface area (Å²) in [6, 6.07) is 8.94. The van der Waals surface area contributed by atoms with Crippen LogP contribution in [0.25, 0.3) is 5.70 Å². The molecular formula is C15H19N. The maximum atomic E-state index is 2.57. The van der Waals surface area contributed by atoms with Gasteiger partial charge in [0.2, 0.25) is 0 Å². The molecule has 0 saturated carbocycles. The third-order valence-electron chi connectivity index (χ3n) is 3.73. The van der Waals surface area contributed by atoms with E-state index in [9.17, 15) is 0 Å². The predicted molar refractivity (Wildman–Crippen MR) is 68.2 cm³/mol. The Balaban J connectivity index is 2.00. The smallest absolute Gasteiger partial charge is 0.0402 e. The molecule has 1 saturated heterocycles. The molecule has 0 spiro atoms. The lowest BCUT2D eigenvalue weighted by molar-refractivity contribution is 0.492. The number of aryl methyl sites for hydroxylation is 1. The molecule has 16 heavy (non-hydrogen) atoms. The van der Waals surface area contributed by atoms with E-state index in [0.29, 0.717) is 0 Å². The molecule has 1 aromatic carbocycles. The molecule has 1 aliphatic carbocycles. The average Bonchev–Trinajstić information content (AvgIpc) is 2.76. The zero-order valence-electron chi connectivity index (χ0n) is 9.78. The van der Waals surface area contributed by atoms with Crippen LogP contribution in [-0.2, 0) is 6.42 Å². The van der Waals surface area contributed by atoms with Gasteiger partial charge in [-0.2, -0.15) is 0 Å². The predicted octanol–water partition coefficient (Wildman–Crippen LogP) is 3.46. The Hall–Kier alpha value is -1.24. The molecule has 1 fully saturated rings. The molecule has 0 amide bonds. The minimum Gasteiger partial charge on any atom is -0.371 e. The van der Waals surface area contributed by atoms with Crippen LogP contribution < -0.4 is 0 Å². The Bertz CT molecular complexity index is 400. The quantitative estimate of drug-likeness (QED) is 0.690. The maximum Gasteiger partial charge on any atom is 0.0402 e. The van der Waals surface area contributed by atoms with Gasteiger partial charge in [-0.3, -0.25) is 0 Å². The van der Waals surface area contributed by atoms with E-state index in [-0.39, 0.29) is 0 Å². The summed E-state index contributed by atoms with van der Waals surface area (Å²) in [4.78, 5) is 2.57. The summed E-state index contributed by atoms with van der Waals surface area (Å²) < 4.78 is 0. The van der Waals surface area contributed by atoms with Crippen LogP contribution in [0.3, 0.4) is 0 Å². The van der Waals surface area contributed by atoms with Crippen molar-refractivity contribution in [3.63, 3.8) is 0 Å².